The van der Waals surface area contributed by atoms with E-state index in [2.05, 4.69) is 36.1 Å². The summed E-state index contributed by atoms with van der Waals surface area (Å²) in [7, 11) is 0. The van der Waals surface area contributed by atoms with Gasteiger partial charge in [0.2, 0.25) is 0 Å². The Morgan fingerprint density at radius 2 is 1.85 bits per heavy atom. The fourth-order valence-corrected chi connectivity index (χ4v) is 2.10. The first-order valence-electron chi connectivity index (χ1n) is 7.08. The molecule has 0 bridgehead atoms. The molecule has 0 aromatic carbocycles. The number of aliphatic hydroxyl groups excluding tert-OH is 1. The van der Waals surface area contributed by atoms with Gasteiger partial charge in [-0.1, -0.05) is 46.2 Å². The van der Waals surface area contributed by atoms with Crippen molar-refractivity contribution in [3.63, 3.8) is 0 Å². The van der Waals surface area contributed by atoms with Gasteiger partial charge in [-0.2, -0.15) is 0 Å². The summed E-state index contributed by atoms with van der Waals surface area (Å²) in [4.78, 5) is 8.89. The van der Waals surface area contributed by atoms with Gasteiger partial charge in [0.15, 0.2) is 0 Å². The van der Waals surface area contributed by atoms with Gasteiger partial charge in [-0.25, -0.2) is 9.97 Å². The number of aliphatic hydroxyl groups is 1. The number of rotatable bonds is 5. The van der Waals surface area contributed by atoms with E-state index in [1.165, 1.54) is 0 Å². The maximum atomic E-state index is 9.25. The van der Waals surface area contributed by atoms with E-state index in [4.69, 9.17) is 11.6 Å². The minimum atomic E-state index is 0.0184. The molecule has 114 valence electrons. The van der Waals surface area contributed by atoms with Gasteiger partial charge in [0.25, 0.3) is 0 Å². The van der Waals surface area contributed by atoms with E-state index in [0.717, 1.165) is 17.2 Å². The molecule has 0 fully saturated rings. The van der Waals surface area contributed by atoms with Crippen LogP contribution in [0.25, 0.3) is 0 Å². The fraction of sp³-hybridized carbons (Fsp3) is 0.733. The maximum absolute atomic E-state index is 9.25. The summed E-state index contributed by atoms with van der Waals surface area (Å²) in [6, 6.07) is 0.122. The first kappa shape index (κ1) is 17.2. The number of nitrogens with zero attached hydrogens (tertiary/aromatic N) is 2. The number of aromatic nitrogens is 2. The third kappa shape index (κ3) is 4.32. The summed E-state index contributed by atoms with van der Waals surface area (Å²) in [6.07, 6.45) is 0.668. The third-order valence-electron chi connectivity index (χ3n) is 3.39. The summed E-state index contributed by atoms with van der Waals surface area (Å²) in [6.45, 7) is 12.6. The Morgan fingerprint density at radius 1 is 1.25 bits per heavy atom. The second kappa shape index (κ2) is 6.72. The van der Waals surface area contributed by atoms with Crippen LogP contribution in [0.1, 0.15) is 58.3 Å². The molecular weight excluding hydrogens is 274 g/mol. The average Bonchev–Trinajstić information content (AvgIpc) is 2.32. The third-order valence-corrected chi connectivity index (χ3v) is 3.76. The topological polar surface area (TPSA) is 58.0 Å². The van der Waals surface area contributed by atoms with Crippen molar-refractivity contribution in [1.82, 2.24) is 9.97 Å². The van der Waals surface area contributed by atoms with E-state index < -0.39 is 0 Å². The predicted octanol–water partition coefficient (Wildman–Crippen LogP) is 3.77. The zero-order chi connectivity index (χ0) is 15.5. The van der Waals surface area contributed by atoms with Gasteiger partial charge in [-0.15, -0.1) is 0 Å². The first-order chi connectivity index (χ1) is 9.16. The van der Waals surface area contributed by atoms with Crippen LogP contribution < -0.4 is 5.32 Å². The Morgan fingerprint density at radius 3 is 2.30 bits per heavy atom. The first-order valence-corrected chi connectivity index (χ1v) is 7.46. The number of hydrogen-bond donors (Lipinski definition) is 2. The largest absolute Gasteiger partial charge is 0.396 e. The Hall–Kier alpha value is -0.870. The molecule has 4 nitrogen and oxygen atoms in total. The standard InChI is InChI=1S/C15H26ClN3O/c1-9(2)13-18-12(16)10(3)14(19-13)17-11(7-8-20)15(4,5)6/h9,11,20H,7-8H2,1-6H3,(H,17,18,19). The Labute approximate surface area is 127 Å². The van der Waals surface area contributed by atoms with Crippen molar-refractivity contribution in [3.8, 4) is 0 Å². The molecule has 0 saturated heterocycles. The highest BCUT2D eigenvalue weighted by Gasteiger charge is 2.25. The number of anilines is 1. The number of nitrogens with one attached hydrogen (secondary N) is 1. The molecule has 0 spiro atoms. The highest BCUT2D eigenvalue weighted by Crippen LogP contribution is 2.28. The van der Waals surface area contributed by atoms with Crippen LogP contribution >= 0.6 is 11.6 Å². The van der Waals surface area contributed by atoms with E-state index in [9.17, 15) is 5.11 Å². The fourth-order valence-electron chi connectivity index (χ4n) is 1.92. The molecule has 1 unspecified atom stereocenters. The Bertz CT molecular complexity index is 455. The normalized spacial score (nSPS) is 13.7. The second-order valence-corrected chi connectivity index (χ2v) is 6.93. The van der Waals surface area contributed by atoms with E-state index >= 15 is 0 Å². The van der Waals surface area contributed by atoms with Gasteiger partial charge in [0.1, 0.15) is 16.8 Å². The zero-order valence-corrected chi connectivity index (χ0v) is 14.0. The molecule has 0 aliphatic heterocycles. The van der Waals surface area contributed by atoms with Gasteiger partial charge in [-0.3, -0.25) is 0 Å². The molecule has 0 saturated carbocycles. The Balaban J connectivity index is 3.11. The van der Waals surface area contributed by atoms with E-state index in [0.29, 0.717) is 11.6 Å². The van der Waals surface area contributed by atoms with Gasteiger partial charge in [-0.05, 0) is 18.8 Å². The van der Waals surface area contributed by atoms with E-state index in [1.54, 1.807) is 0 Å². The molecule has 0 aliphatic rings. The minimum Gasteiger partial charge on any atom is -0.396 e. The van der Waals surface area contributed by atoms with Gasteiger partial charge in [0.05, 0.1) is 0 Å². The van der Waals surface area contributed by atoms with Crippen molar-refractivity contribution < 1.29 is 5.11 Å². The molecule has 5 heteroatoms. The molecule has 0 amide bonds. The minimum absolute atomic E-state index is 0.0184. The lowest BCUT2D eigenvalue weighted by Gasteiger charge is -2.32. The molecule has 1 aromatic heterocycles. The van der Waals surface area contributed by atoms with Crippen LogP contribution in [-0.2, 0) is 0 Å². The summed E-state index contributed by atoms with van der Waals surface area (Å²) in [5.74, 6) is 1.72. The molecule has 1 aromatic rings. The molecule has 1 rings (SSSR count). The second-order valence-electron chi connectivity index (χ2n) is 6.58. The van der Waals surface area contributed by atoms with E-state index in [-0.39, 0.29) is 24.0 Å². The van der Waals surface area contributed by atoms with Crippen molar-refractivity contribution in [3.05, 3.63) is 16.5 Å². The van der Waals surface area contributed by atoms with Crippen molar-refractivity contribution in [2.24, 2.45) is 5.41 Å². The SMILES string of the molecule is Cc1c(Cl)nc(C(C)C)nc1NC(CCO)C(C)(C)C. The van der Waals surface area contributed by atoms with Crippen molar-refractivity contribution in [2.45, 2.75) is 59.9 Å². The lowest BCUT2D eigenvalue weighted by Crippen LogP contribution is -2.35. The Kier molecular flexibility index (Phi) is 5.78. The van der Waals surface area contributed by atoms with Crippen LogP contribution in [-0.4, -0.2) is 27.7 Å². The smallest absolute Gasteiger partial charge is 0.137 e. The monoisotopic (exact) mass is 299 g/mol. The molecular formula is C15H26ClN3O. The number of halogens is 1. The molecule has 2 N–H and O–H groups in total. The molecule has 20 heavy (non-hydrogen) atoms. The molecule has 1 heterocycles. The average molecular weight is 300 g/mol. The van der Waals surface area contributed by atoms with Crippen molar-refractivity contribution in [1.29, 1.82) is 0 Å². The number of hydrogen-bond acceptors (Lipinski definition) is 4. The van der Waals surface area contributed by atoms with Crippen LogP contribution in [0.15, 0.2) is 0 Å². The van der Waals surface area contributed by atoms with Gasteiger partial charge in [0, 0.05) is 24.1 Å². The summed E-state index contributed by atoms with van der Waals surface area (Å²) in [5.41, 5.74) is 0.869. The van der Waals surface area contributed by atoms with Gasteiger partial charge >= 0.3 is 0 Å². The predicted molar refractivity (Wildman–Crippen MR) is 84.4 cm³/mol. The summed E-state index contributed by atoms with van der Waals surface area (Å²) in [5, 5.41) is 13.2. The maximum Gasteiger partial charge on any atom is 0.137 e. The molecule has 1 atom stereocenters. The quantitative estimate of drug-likeness (QED) is 0.813. The van der Waals surface area contributed by atoms with Crippen LogP contribution in [0.4, 0.5) is 5.82 Å². The highest BCUT2D eigenvalue weighted by molar-refractivity contribution is 6.30. The lowest BCUT2D eigenvalue weighted by atomic mass is 9.85. The molecule has 0 aliphatic carbocycles. The van der Waals surface area contributed by atoms with E-state index in [1.807, 2.05) is 20.8 Å². The van der Waals surface area contributed by atoms with Crippen LogP contribution in [0.5, 0.6) is 0 Å². The summed E-state index contributed by atoms with van der Waals surface area (Å²) >= 11 is 6.20. The van der Waals surface area contributed by atoms with Crippen LogP contribution in [0.2, 0.25) is 5.15 Å². The highest BCUT2D eigenvalue weighted by atomic mass is 35.5. The zero-order valence-electron chi connectivity index (χ0n) is 13.3. The lowest BCUT2D eigenvalue weighted by molar-refractivity contribution is 0.235. The molecule has 0 radical (unpaired) electrons. The van der Waals surface area contributed by atoms with Crippen LogP contribution in [0, 0.1) is 12.3 Å². The van der Waals surface area contributed by atoms with Crippen molar-refractivity contribution >= 4 is 17.4 Å². The summed E-state index contributed by atoms with van der Waals surface area (Å²) < 4.78 is 0. The van der Waals surface area contributed by atoms with Gasteiger partial charge < -0.3 is 10.4 Å². The van der Waals surface area contributed by atoms with Crippen molar-refractivity contribution in [2.75, 3.05) is 11.9 Å². The van der Waals surface area contributed by atoms with Crippen LogP contribution in [0.3, 0.4) is 0 Å².